The minimum absolute atomic E-state index is 0.0830. The summed E-state index contributed by atoms with van der Waals surface area (Å²) in [5.74, 6) is 6.35. The van der Waals surface area contributed by atoms with Crippen molar-refractivity contribution in [3.05, 3.63) is 35.9 Å². The third kappa shape index (κ3) is 6.47. The molecule has 1 saturated heterocycles. The highest BCUT2D eigenvalue weighted by molar-refractivity contribution is 8.14. The number of likely N-dealkylation sites (tertiary alicyclic amines) is 1. The van der Waals surface area contributed by atoms with Crippen LogP contribution < -0.4 is 16.9 Å². The van der Waals surface area contributed by atoms with E-state index >= 15 is 0 Å². The first-order valence-electron chi connectivity index (χ1n) is 12.8. The topological polar surface area (TPSA) is 137 Å². The Balaban J connectivity index is 1.37. The monoisotopic (exact) mass is 516 g/mol. The van der Waals surface area contributed by atoms with Crippen molar-refractivity contribution >= 4 is 28.6 Å². The SMILES string of the molecule is CC(C)(C)C(C(=O)N1CC(O)CC1C(=O)NCC1=NCC(c2ccccc2)S1)N(N)CC(N)C1CC1. The lowest BCUT2D eigenvalue weighted by atomic mass is 9.85. The minimum atomic E-state index is -0.758. The lowest BCUT2D eigenvalue weighted by Crippen LogP contribution is -2.61. The van der Waals surface area contributed by atoms with Crippen molar-refractivity contribution in [2.24, 2.45) is 27.9 Å². The van der Waals surface area contributed by atoms with Crippen LogP contribution >= 0.6 is 11.8 Å². The maximum Gasteiger partial charge on any atom is 0.243 e. The standard InChI is InChI=1S/C26H40N6O3S/c1-26(2,3)23(32(28)15-19(27)16-9-10-16)25(35)31-14-18(33)11-20(31)24(34)30-13-22-29-12-21(36-22)17-7-5-4-6-8-17/h4-8,16,18-21,23,33H,9-15,27-28H2,1-3H3,(H,30,34). The third-order valence-corrected chi connectivity index (χ3v) is 8.45. The molecule has 36 heavy (non-hydrogen) atoms. The molecule has 2 fully saturated rings. The fraction of sp³-hybridized carbons (Fsp3) is 0.654. The van der Waals surface area contributed by atoms with E-state index in [9.17, 15) is 14.7 Å². The third-order valence-electron chi connectivity index (χ3n) is 7.20. The number of amides is 2. The van der Waals surface area contributed by atoms with Gasteiger partial charge in [0.25, 0.3) is 0 Å². The molecule has 0 aromatic heterocycles. The second-order valence-corrected chi connectivity index (χ2v) is 12.6. The maximum absolute atomic E-state index is 13.8. The Morgan fingerprint density at radius 1 is 1.28 bits per heavy atom. The lowest BCUT2D eigenvalue weighted by molar-refractivity contribution is -0.146. The largest absolute Gasteiger partial charge is 0.391 e. The molecule has 10 heteroatoms. The van der Waals surface area contributed by atoms with Crippen molar-refractivity contribution in [3.8, 4) is 0 Å². The Morgan fingerprint density at radius 3 is 2.61 bits per heavy atom. The van der Waals surface area contributed by atoms with Gasteiger partial charge in [-0.05, 0) is 29.7 Å². The Hall–Kier alpha value is -1.98. The van der Waals surface area contributed by atoms with Gasteiger partial charge in [0.15, 0.2) is 0 Å². The number of nitrogens with one attached hydrogen (secondary N) is 1. The normalized spacial score (nSPS) is 26.1. The van der Waals surface area contributed by atoms with E-state index in [2.05, 4.69) is 22.4 Å². The van der Waals surface area contributed by atoms with E-state index in [0.29, 0.717) is 25.6 Å². The van der Waals surface area contributed by atoms with Crippen molar-refractivity contribution in [1.82, 2.24) is 15.2 Å². The van der Waals surface area contributed by atoms with Crippen molar-refractivity contribution in [1.29, 1.82) is 0 Å². The molecule has 1 aromatic carbocycles. The average molecular weight is 517 g/mol. The minimum Gasteiger partial charge on any atom is -0.391 e. The first kappa shape index (κ1) is 27.1. The van der Waals surface area contributed by atoms with E-state index < -0.39 is 23.6 Å². The van der Waals surface area contributed by atoms with Gasteiger partial charge >= 0.3 is 0 Å². The van der Waals surface area contributed by atoms with Gasteiger partial charge in [0, 0.05) is 25.6 Å². The second kappa shape index (κ2) is 11.2. The van der Waals surface area contributed by atoms with Crippen LogP contribution in [0.5, 0.6) is 0 Å². The summed E-state index contributed by atoms with van der Waals surface area (Å²) in [4.78, 5) is 33.0. The molecule has 6 N–H and O–H groups in total. The summed E-state index contributed by atoms with van der Waals surface area (Å²) >= 11 is 1.65. The lowest BCUT2D eigenvalue weighted by Gasteiger charge is -2.40. The Kier molecular flexibility index (Phi) is 8.41. The van der Waals surface area contributed by atoms with Crippen LogP contribution in [0.3, 0.4) is 0 Å². The summed E-state index contributed by atoms with van der Waals surface area (Å²) < 4.78 is 0. The van der Waals surface area contributed by atoms with Crippen LogP contribution in [0.15, 0.2) is 35.3 Å². The number of nitrogens with two attached hydrogens (primary N) is 2. The molecule has 5 atom stereocenters. The zero-order valence-electron chi connectivity index (χ0n) is 21.5. The van der Waals surface area contributed by atoms with Crippen molar-refractivity contribution in [2.45, 2.75) is 69.5 Å². The van der Waals surface area contributed by atoms with Crippen LogP contribution in [-0.4, -0.2) is 82.3 Å². The first-order valence-corrected chi connectivity index (χ1v) is 13.7. The number of benzene rings is 1. The Labute approximate surface area is 218 Å². The van der Waals surface area contributed by atoms with E-state index in [1.165, 1.54) is 10.5 Å². The molecular weight excluding hydrogens is 476 g/mol. The van der Waals surface area contributed by atoms with Crippen molar-refractivity contribution in [2.75, 3.05) is 26.2 Å². The molecule has 3 aliphatic rings. The van der Waals surface area contributed by atoms with Crippen LogP contribution in [0.25, 0.3) is 0 Å². The molecule has 2 heterocycles. The smallest absolute Gasteiger partial charge is 0.243 e. The van der Waals surface area contributed by atoms with Gasteiger partial charge in [0.2, 0.25) is 11.8 Å². The molecule has 198 valence electrons. The number of carbonyl (C=O) groups is 2. The van der Waals surface area contributed by atoms with Gasteiger partial charge in [-0.1, -0.05) is 62.9 Å². The Bertz CT molecular complexity index is 964. The number of thioether (sulfide) groups is 1. The van der Waals surface area contributed by atoms with E-state index in [4.69, 9.17) is 11.6 Å². The van der Waals surface area contributed by atoms with Gasteiger partial charge < -0.3 is 21.1 Å². The van der Waals surface area contributed by atoms with Crippen LogP contribution in [0.1, 0.15) is 50.8 Å². The fourth-order valence-corrected chi connectivity index (χ4v) is 6.21. The molecule has 1 aliphatic carbocycles. The molecule has 1 saturated carbocycles. The summed E-state index contributed by atoms with van der Waals surface area (Å²) in [5.41, 5.74) is 7.03. The molecule has 0 bridgehead atoms. The number of hydrogen-bond acceptors (Lipinski definition) is 8. The number of hydrogen-bond donors (Lipinski definition) is 4. The zero-order chi connectivity index (χ0) is 26.0. The molecule has 4 rings (SSSR count). The number of nitrogens with zero attached hydrogens (tertiary/aromatic N) is 3. The van der Waals surface area contributed by atoms with Crippen LogP contribution in [0.2, 0.25) is 0 Å². The van der Waals surface area contributed by atoms with E-state index in [1.807, 2.05) is 39.0 Å². The van der Waals surface area contributed by atoms with Gasteiger partial charge in [0.1, 0.15) is 12.1 Å². The van der Waals surface area contributed by atoms with Crippen molar-refractivity contribution in [3.63, 3.8) is 0 Å². The highest BCUT2D eigenvalue weighted by atomic mass is 32.2. The summed E-state index contributed by atoms with van der Waals surface area (Å²) in [6.07, 6.45) is 1.64. The highest BCUT2D eigenvalue weighted by Crippen LogP contribution is 2.35. The Morgan fingerprint density at radius 2 is 1.97 bits per heavy atom. The summed E-state index contributed by atoms with van der Waals surface area (Å²) in [5, 5.41) is 16.0. The number of carbonyl (C=O) groups excluding carboxylic acids is 2. The number of aliphatic hydroxyl groups is 1. The van der Waals surface area contributed by atoms with Gasteiger partial charge in [-0.15, -0.1) is 0 Å². The molecule has 9 nitrogen and oxygen atoms in total. The molecule has 0 spiro atoms. The predicted molar refractivity (Wildman–Crippen MR) is 143 cm³/mol. The van der Waals surface area contributed by atoms with E-state index in [1.54, 1.807) is 16.8 Å². The van der Waals surface area contributed by atoms with Gasteiger partial charge in [-0.25, -0.2) is 5.01 Å². The molecule has 0 radical (unpaired) electrons. The fourth-order valence-electron chi connectivity index (χ4n) is 5.14. The highest BCUT2D eigenvalue weighted by Gasteiger charge is 2.46. The molecular formula is C26H40N6O3S. The van der Waals surface area contributed by atoms with Gasteiger partial charge in [-0.2, -0.15) is 0 Å². The average Bonchev–Trinajstić information content (AvgIpc) is 3.44. The molecule has 1 aromatic rings. The number of rotatable bonds is 9. The summed E-state index contributed by atoms with van der Waals surface area (Å²) in [7, 11) is 0. The number of aliphatic imine (C=N–C) groups is 1. The summed E-state index contributed by atoms with van der Waals surface area (Å²) in [6, 6.07) is 8.69. The molecule has 5 unspecified atom stereocenters. The number of hydrazine groups is 1. The van der Waals surface area contributed by atoms with Gasteiger partial charge in [0.05, 0.1) is 29.5 Å². The van der Waals surface area contributed by atoms with Crippen molar-refractivity contribution < 1.29 is 14.7 Å². The van der Waals surface area contributed by atoms with Crippen LogP contribution in [-0.2, 0) is 9.59 Å². The molecule has 2 amide bonds. The number of β-amino-alcohol motifs (C(OH)–C–C–N with tert-alkyl or cyclic N) is 1. The van der Waals surface area contributed by atoms with Gasteiger partial charge in [-0.3, -0.25) is 20.4 Å². The molecule has 2 aliphatic heterocycles. The van der Waals surface area contributed by atoms with Crippen LogP contribution in [0, 0.1) is 11.3 Å². The predicted octanol–water partition coefficient (Wildman–Crippen LogP) is 1.28. The number of aliphatic hydroxyl groups excluding tert-OH is 1. The summed E-state index contributed by atoms with van der Waals surface area (Å²) in [6.45, 7) is 7.37. The first-order chi connectivity index (χ1) is 17.0. The van der Waals surface area contributed by atoms with Crippen LogP contribution in [0.4, 0.5) is 0 Å². The quantitative estimate of drug-likeness (QED) is 0.287. The maximum atomic E-state index is 13.8. The van der Waals surface area contributed by atoms with E-state index in [-0.39, 0.29) is 36.1 Å². The second-order valence-electron chi connectivity index (χ2n) is 11.3. The zero-order valence-corrected chi connectivity index (χ0v) is 22.3. The van der Waals surface area contributed by atoms with E-state index in [0.717, 1.165) is 17.9 Å².